The zero-order valence-corrected chi connectivity index (χ0v) is 9.78. The van der Waals surface area contributed by atoms with E-state index in [2.05, 4.69) is 10.3 Å². The van der Waals surface area contributed by atoms with Crippen LogP contribution in [0.3, 0.4) is 0 Å². The summed E-state index contributed by atoms with van der Waals surface area (Å²) in [4.78, 5) is 4.00. The Morgan fingerprint density at radius 1 is 1.17 bits per heavy atom. The molecule has 0 aliphatic rings. The Morgan fingerprint density at radius 3 is 2.72 bits per heavy atom. The predicted molar refractivity (Wildman–Crippen MR) is 63.4 cm³/mol. The number of ether oxygens (including phenoxy) is 1. The Labute approximate surface area is 103 Å². The molecule has 1 aromatic carbocycles. The number of nitrogens with one attached hydrogen (secondary N) is 1. The van der Waals surface area contributed by atoms with Crippen molar-refractivity contribution in [3.63, 3.8) is 0 Å². The number of halogens is 2. The summed E-state index contributed by atoms with van der Waals surface area (Å²) in [6.07, 6.45) is 1.60. The summed E-state index contributed by atoms with van der Waals surface area (Å²) in [6, 6.07) is 6.93. The van der Waals surface area contributed by atoms with Crippen molar-refractivity contribution < 1.29 is 13.5 Å². The molecular weight excluding hydrogens is 238 g/mol. The molecule has 0 unspecified atom stereocenters. The van der Waals surface area contributed by atoms with Crippen LogP contribution < -0.4 is 10.1 Å². The quantitative estimate of drug-likeness (QED) is 0.906. The Hall–Kier alpha value is -2.01. The highest BCUT2D eigenvalue weighted by atomic mass is 19.2. The number of hydrogen-bond donors (Lipinski definition) is 1. The van der Waals surface area contributed by atoms with E-state index in [1.54, 1.807) is 12.3 Å². The average molecular weight is 250 g/mol. The Bertz CT molecular complexity index is 546. The van der Waals surface area contributed by atoms with Crippen molar-refractivity contribution in [3.8, 4) is 11.6 Å². The van der Waals surface area contributed by atoms with Gasteiger partial charge in [-0.25, -0.2) is 13.8 Å². The van der Waals surface area contributed by atoms with Crippen molar-refractivity contribution in [1.29, 1.82) is 0 Å². The lowest BCUT2D eigenvalue weighted by Crippen LogP contribution is -2.05. The van der Waals surface area contributed by atoms with E-state index in [1.807, 2.05) is 13.1 Å². The molecule has 1 heterocycles. The molecule has 0 saturated carbocycles. The van der Waals surface area contributed by atoms with Gasteiger partial charge in [-0.2, -0.15) is 0 Å². The molecule has 1 aromatic heterocycles. The third-order valence-electron chi connectivity index (χ3n) is 2.29. The highest BCUT2D eigenvalue weighted by molar-refractivity contribution is 5.29. The zero-order chi connectivity index (χ0) is 13.0. The molecular formula is C13H12F2N2O. The lowest BCUT2D eigenvalue weighted by atomic mass is 10.2. The van der Waals surface area contributed by atoms with Gasteiger partial charge in [0.15, 0.2) is 11.6 Å². The van der Waals surface area contributed by atoms with Crippen molar-refractivity contribution >= 4 is 0 Å². The van der Waals surface area contributed by atoms with E-state index < -0.39 is 11.6 Å². The fourth-order valence-corrected chi connectivity index (χ4v) is 1.48. The van der Waals surface area contributed by atoms with Crippen molar-refractivity contribution in [2.45, 2.75) is 6.54 Å². The van der Waals surface area contributed by atoms with Gasteiger partial charge in [-0.05, 0) is 30.8 Å². The van der Waals surface area contributed by atoms with Gasteiger partial charge < -0.3 is 10.1 Å². The van der Waals surface area contributed by atoms with E-state index in [-0.39, 0.29) is 5.75 Å². The lowest BCUT2D eigenvalue weighted by molar-refractivity contribution is 0.447. The molecule has 0 aliphatic carbocycles. The smallest absolute Gasteiger partial charge is 0.219 e. The van der Waals surface area contributed by atoms with Crippen LogP contribution in [0, 0.1) is 11.6 Å². The maximum Gasteiger partial charge on any atom is 0.219 e. The van der Waals surface area contributed by atoms with Gasteiger partial charge in [0.2, 0.25) is 5.88 Å². The molecule has 0 aliphatic heterocycles. The van der Waals surface area contributed by atoms with E-state index >= 15 is 0 Å². The van der Waals surface area contributed by atoms with Crippen LogP contribution in [0.2, 0.25) is 0 Å². The summed E-state index contributed by atoms with van der Waals surface area (Å²) < 4.78 is 31.1. The Balaban J connectivity index is 2.17. The summed E-state index contributed by atoms with van der Waals surface area (Å²) in [6.45, 7) is 0.677. The van der Waals surface area contributed by atoms with Crippen LogP contribution in [-0.2, 0) is 6.54 Å². The second kappa shape index (κ2) is 5.55. The number of rotatable bonds is 4. The first-order chi connectivity index (χ1) is 8.69. The third kappa shape index (κ3) is 3.01. The van der Waals surface area contributed by atoms with Crippen molar-refractivity contribution in [2.24, 2.45) is 0 Å². The van der Waals surface area contributed by atoms with E-state index in [0.29, 0.717) is 12.4 Å². The molecule has 0 bridgehead atoms. The van der Waals surface area contributed by atoms with Gasteiger partial charge in [0.05, 0.1) is 0 Å². The third-order valence-corrected chi connectivity index (χ3v) is 2.29. The van der Waals surface area contributed by atoms with Crippen LogP contribution in [0.1, 0.15) is 5.56 Å². The first-order valence-electron chi connectivity index (χ1n) is 5.41. The minimum Gasteiger partial charge on any atom is -0.439 e. The largest absolute Gasteiger partial charge is 0.439 e. The summed E-state index contributed by atoms with van der Waals surface area (Å²) >= 11 is 0. The van der Waals surface area contributed by atoms with Crippen molar-refractivity contribution in [1.82, 2.24) is 10.3 Å². The number of pyridine rings is 1. The van der Waals surface area contributed by atoms with E-state index in [1.165, 1.54) is 6.07 Å². The van der Waals surface area contributed by atoms with Gasteiger partial charge in [-0.3, -0.25) is 0 Å². The summed E-state index contributed by atoms with van der Waals surface area (Å²) in [5.41, 5.74) is 0.991. The van der Waals surface area contributed by atoms with Gasteiger partial charge in [0.1, 0.15) is 5.75 Å². The molecule has 5 heteroatoms. The van der Waals surface area contributed by atoms with Gasteiger partial charge in [-0.15, -0.1) is 0 Å². The summed E-state index contributed by atoms with van der Waals surface area (Å²) in [7, 11) is 1.83. The first kappa shape index (κ1) is 12.4. The highest BCUT2D eigenvalue weighted by Gasteiger charge is 2.05. The minimum atomic E-state index is -0.945. The van der Waals surface area contributed by atoms with Crippen LogP contribution >= 0.6 is 0 Å². The molecule has 18 heavy (non-hydrogen) atoms. The van der Waals surface area contributed by atoms with E-state index in [4.69, 9.17) is 4.74 Å². The predicted octanol–water partition coefficient (Wildman–Crippen LogP) is 2.87. The molecule has 94 valence electrons. The van der Waals surface area contributed by atoms with Crippen LogP contribution in [0.15, 0.2) is 36.5 Å². The van der Waals surface area contributed by atoms with Gasteiger partial charge >= 0.3 is 0 Å². The number of nitrogens with zero attached hydrogens (tertiary/aromatic N) is 1. The van der Waals surface area contributed by atoms with E-state index in [9.17, 15) is 8.78 Å². The van der Waals surface area contributed by atoms with Crippen molar-refractivity contribution in [2.75, 3.05) is 7.05 Å². The number of aromatic nitrogens is 1. The monoisotopic (exact) mass is 250 g/mol. The maximum absolute atomic E-state index is 13.0. The first-order valence-corrected chi connectivity index (χ1v) is 5.41. The van der Waals surface area contributed by atoms with Crippen LogP contribution in [0.4, 0.5) is 8.78 Å². The SMILES string of the molecule is CNCc1ccnc(Oc2ccc(F)c(F)c2)c1. The molecule has 3 nitrogen and oxygen atoms in total. The van der Waals surface area contributed by atoms with Crippen LogP contribution in [0.25, 0.3) is 0 Å². The molecule has 0 saturated heterocycles. The fraction of sp³-hybridized carbons (Fsp3) is 0.154. The normalized spacial score (nSPS) is 10.4. The topological polar surface area (TPSA) is 34.2 Å². The molecule has 0 spiro atoms. The molecule has 0 radical (unpaired) electrons. The average Bonchev–Trinajstić information content (AvgIpc) is 2.35. The summed E-state index contributed by atoms with van der Waals surface area (Å²) in [5, 5.41) is 3.00. The molecule has 0 fully saturated rings. The zero-order valence-electron chi connectivity index (χ0n) is 9.78. The second-order valence-electron chi connectivity index (χ2n) is 3.71. The van der Waals surface area contributed by atoms with E-state index in [0.717, 1.165) is 17.7 Å². The minimum absolute atomic E-state index is 0.211. The lowest BCUT2D eigenvalue weighted by Gasteiger charge is -2.06. The maximum atomic E-state index is 13.0. The summed E-state index contributed by atoms with van der Waals surface area (Å²) in [5.74, 6) is -1.30. The Morgan fingerprint density at radius 2 is 2.00 bits per heavy atom. The van der Waals surface area contributed by atoms with Crippen molar-refractivity contribution in [3.05, 3.63) is 53.7 Å². The van der Waals surface area contributed by atoms with Gasteiger partial charge in [0.25, 0.3) is 0 Å². The highest BCUT2D eigenvalue weighted by Crippen LogP contribution is 2.21. The van der Waals surface area contributed by atoms with Gasteiger partial charge in [0, 0.05) is 24.9 Å². The number of benzene rings is 1. The van der Waals surface area contributed by atoms with Gasteiger partial charge in [-0.1, -0.05) is 0 Å². The molecule has 2 aromatic rings. The Kier molecular flexibility index (Phi) is 3.84. The molecule has 2 rings (SSSR count). The molecule has 0 amide bonds. The van der Waals surface area contributed by atoms with Crippen LogP contribution in [-0.4, -0.2) is 12.0 Å². The van der Waals surface area contributed by atoms with Crippen LogP contribution in [0.5, 0.6) is 11.6 Å². The molecule has 0 atom stereocenters. The standard InChI is InChI=1S/C13H12F2N2O/c1-16-8-9-4-5-17-13(6-9)18-10-2-3-11(14)12(15)7-10/h2-7,16H,8H2,1H3. The second-order valence-corrected chi connectivity index (χ2v) is 3.71. The number of hydrogen-bond acceptors (Lipinski definition) is 3. The fourth-order valence-electron chi connectivity index (χ4n) is 1.48. The molecule has 1 N–H and O–H groups in total.